The van der Waals surface area contributed by atoms with E-state index in [1.807, 2.05) is 0 Å². The van der Waals surface area contributed by atoms with E-state index in [1.54, 1.807) is 10.9 Å². The van der Waals surface area contributed by atoms with Crippen LogP contribution in [0.3, 0.4) is 0 Å². The molecule has 2 aromatic heterocycles. The minimum atomic E-state index is -4.80. The van der Waals surface area contributed by atoms with Crippen LogP contribution in [0.4, 0.5) is 18.3 Å². The van der Waals surface area contributed by atoms with E-state index in [1.165, 1.54) is 29.5 Å². The van der Waals surface area contributed by atoms with E-state index in [2.05, 4.69) is 35.9 Å². The van der Waals surface area contributed by atoms with Gasteiger partial charge in [-0.3, -0.25) is 14.3 Å². The van der Waals surface area contributed by atoms with Crippen LogP contribution in [0.25, 0.3) is 0 Å². The first-order chi connectivity index (χ1) is 17.2. The number of halogens is 3. The van der Waals surface area contributed by atoms with E-state index in [9.17, 15) is 22.8 Å². The smallest absolute Gasteiger partial charge is 0.406 e. The molecule has 0 aliphatic heterocycles. The van der Waals surface area contributed by atoms with Gasteiger partial charge in [0.2, 0.25) is 11.0 Å². The molecule has 1 aromatic carbocycles. The van der Waals surface area contributed by atoms with Gasteiger partial charge in [-0.15, -0.1) is 28.5 Å². The van der Waals surface area contributed by atoms with Crippen LogP contribution in [0.2, 0.25) is 0 Å². The summed E-state index contributed by atoms with van der Waals surface area (Å²) in [5.41, 5.74) is 0.676. The number of nitrogens with one attached hydrogen (secondary N) is 2. The molecule has 4 rings (SSSR count). The van der Waals surface area contributed by atoms with E-state index in [0.29, 0.717) is 41.8 Å². The average Bonchev–Trinajstić information content (AvgIpc) is 3.33. The lowest BCUT2D eigenvalue weighted by Crippen LogP contribution is -2.25. The second-order valence-electron chi connectivity index (χ2n) is 8.40. The average molecular weight is 524 g/mol. The van der Waals surface area contributed by atoms with Gasteiger partial charge in [0.15, 0.2) is 5.69 Å². The lowest BCUT2D eigenvalue weighted by molar-refractivity contribution is -0.274. The zero-order valence-corrected chi connectivity index (χ0v) is 19.9. The van der Waals surface area contributed by atoms with Crippen LogP contribution in [0.5, 0.6) is 5.75 Å². The number of aromatic nitrogens is 5. The summed E-state index contributed by atoms with van der Waals surface area (Å²) in [6, 6.07) is 5.25. The number of amides is 2. The molecule has 3 aromatic rings. The molecule has 0 radical (unpaired) electrons. The highest BCUT2D eigenvalue weighted by Gasteiger charge is 2.31. The number of hydrogen-bond acceptors (Lipinski definition) is 8. The summed E-state index contributed by atoms with van der Waals surface area (Å²) in [7, 11) is 0. The van der Waals surface area contributed by atoms with Crippen molar-refractivity contribution in [2.24, 2.45) is 5.92 Å². The van der Waals surface area contributed by atoms with E-state index in [-0.39, 0.29) is 18.1 Å². The predicted molar refractivity (Wildman–Crippen MR) is 123 cm³/mol. The van der Waals surface area contributed by atoms with Gasteiger partial charge in [-0.25, -0.2) is 0 Å². The Bertz CT molecular complexity index is 1190. The Balaban J connectivity index is 1.16. The van der Waals surface area contributed by atoms with Crippen molar-refractivity contribution in [2.45, 2.75) is 51.4 Å². The summed E-state index contributed by atoms with van der Waals surface area (Å²) in [5, 5.41) is 22.4. The second-order valence-corrected chi connectivity index (χ2v) is 9.46. The van der Waals surface area contributed by atoms with Crippen LogP contribution in [0.15, 0.2) is 30.5 Å². The van der Waals surface area contributed by atoms with E-state index in [0.717, 1.165) is 36.8 Å². The maximum Gasteiger partial charge on any atom is 0.573 e. The third-order valence-electron chi connectivity index (χ3n) is 5.26. The van der Waals surface area contributed by atoms with Crippen LogP contribution in [-0.2, 0) is 24.2 Å². The van der Waals surface area contributed by atoms with E-state index in [4.69, 9.17) is 0 Å². The van der Waals surface area contributed by atoms with Crippen LogP contribution >= 0.6 is 11.3 Å². The molecule has 0 spiro atoms. The Morgan fingerprint density at radius 1 is 1.17 bits per heavy atom. The van der Waals surface area contributed by atoms with Gasteiger partial charge < -0.3 is 15.4 Å². The number of carbonyl (C=O) groups is 2. The zero-order chi connectivity index (χ0) is 25.5. The third-order valence-corrected chi connectivity index (χ3v) is 6.16. The number of hydrogen-bond donors (Lipinski definition) is 2. The highest BCUT2D eigenvalue weighted by molar-refractivity contribution is 7.15. The number of ether oxygens (including phenoxy) is 1. The van der Waals surface area contributed by atoms with Gasteiger partial charge in [-0.05, 0) is 49.3 Å². The third kappa shape index (κ3) is 8.29. The van der Waals surface area contributed by atoms with Gasteiger partial charge in [-0.1, -0.05) is 28.7 Å². The largest absolute Gasteiger partial charge is 0.573 e. The van der Waals surface area contributed by atoms with Crippen molar-refractivity contribution < 1.29 is 27.5 Å². The molecule has 192 valence electrons. The molecular weight excluding hydrogens is 499 g/mol. The lowest BCUT2D eigenvalue weighted by Gasteiger charge is -2.09. The number of nitrogens with zero attached hydrogens (tertiary/aromatic N) is 5. The van der Waals surface area contributed by atoms with Gasteiger partial charge in [0.1, 0.15) is 10.8 Å². The topological polar surface area (TPSA) is 124 Å². The first-order valence-electron chi connectivity index (χ1n) is 11.4. The van der Waals surface area contributed by atoms with Crippen LogP contribution in [0.1, 0.15) is 46.7 Å². The fourth-order valence-electron chi connectivity index (χ4n) is 3.32. The molecule has 36 heavy (non-hydrogen) atoms. The first kappa shape index (κ1) is 25.5. The molecule has 1 fully saturated rings. The Kier molecular flexibility index (Phi) is 8.13. The molecule has 2 N–H and O–H groups in total. The van der Waals surface area contributed by atoms with Crippen LogP contribution < -0.4 is 15.4 Å². The number of aryl methyl sites for hydroxylation is 2. The molecule has 1 saturated carbocycles. The van der Waals surface area contributed by atoms with Crippen molar-refractivity contribution in [3.05, 3.63) is 46.7 Å². The summed E-state index contributed by atoms with van der Waals surface area (Å²) in [5.74, 6) is -0.425. The van der Waals surface area contributed by atoms with Crippen LogP contribution in [-0.4, -0.2) is 49.9 Å². The van der Waals surface area contributed by atoms with Crippen molar-refractivity contribution in [3.63, 3.8) is 0 Å². The Labute approximate surface area is 208 Å². The van der Waals surface area contributed by atoms with Crippen molar-refractivity contribution in [3.8, 4) is 5.75 Å². The predicted octanol–water partition coefficient (Wildman–Crippen LogP) is 3.37. The van der Waals surface area contributed by atoms with Gasteiger partial charge in [-0.2, -0.15) is 0 Å². The normalized spacial score (nSPS) is 13.4. The van der Waals surface area contributed by atoms with Gasteiger partial charge in [0.25, 0.3) is 5.91 Å². The molecule has 0 bridgehead atoms. The quantitative estimate of drug-likeness (QED) is 0.349. The van der Waals surface area contributed by atoms with Crippen molar-refractivity contribution >= 4 is 28.3 Å². The van der Waals surface area contributed by atoms with Crippen LogP contribution in [0, 0.1) is 5.92 Å². The molecule has 2 amide bonds. The molecule has 0 atom stereocenters. The number of anilines is 1. The summed E-state index contributed by atoms with van der Waals surface area (Å²) < 4.78 is 42.6. The Morgan fingerprint density at radius 3 is 2.78 bits per heavy atom. The maximum atomic E-state index is 12.4. The van der Waals surface area contributed by atoms with Gasteiger partial charge in [0.05, 0.1) is 12.6 Å². The monoisotopic (exact) mass is 523 g/mol. The fourth-order valence-corrected chi connectivity index (χ4v) is 4.12. The molecule has 2 heterocycles. The fraction of sp³-hybridized carbons (Fsp3) is 0.455. The summed E-state index contributed by atoms with van der Waals surface area (Å²) in [6.45, 7) is 1.28. The Hall–Kier alpha value is -3.55. The summed E-state index contributed by atoms with van der Waals surface area (Å²) in [6.07, 6.45) is 1.24. The minimum Gasteiger partial charge on any atom is -0.406 e. The molecule has 1 aliphatic rings. The van der Waals surface area contributed by atoms with Crippen molar-refractivity contribution in [1.29, 1.82) is 0 Å². The highest BCUT2D eigenvalue weighted by Crippen LogP contribution is 2.27. The standard InChI is InChI=1S/C22H24F3N7O3S/c23-22(24,25)35-16-5-3-4-15(10-16)11-18(33)27-21-30-29-19(36-21)6-1-2-9-32-13-17(28-31-32)20(34)26-12-14-7-8-14/h3-5,10,13-14H,1-2,6-9,11-12H2,(H,26,34)(H,27,30,33). The van der Waals surface area contributed by atoms with Crippen molar-refractivity contribution in [1.82, 2.24) is 30.5 Å². The molecule has 0 saturated heterocycles. The minimum absolute atomic E-state index is 0.136. The summed E-state index contributed by atoms with van der Waals surface area (Å²) in [4.78, 5) is 24.3. The maximum absolute atomic E-state index is 12.4. The van der Waals surface area contributed by atoms with Gasteiger partial charge in [0, 0.05) is 19.5 Å². The number of alkyl halides is 3. The summed E-state index contributed by atoms with van der Waals surface area (Å²) >= 11 is 1.23. The SMILES string of the molecule is O=C(Cc1cccc(OC(F)(F)F)c1)Nc1nnc(CCCCn2cc(C(=O)NCC3CC3)nn2)s1. The molecule has 0 unspecified atom stereocenters. The molecule has 1 aliphatic carbocycles. The number of unbranched alkanes of at least 4 members (excludes halogenated alkanes) is 1. The first-order valence-corrected chi connectivity index (χ1v) is 12.2. The number of carbonyl (C=O) groups excluding carboxylic acids is 2. The van der Waals surface area contributed by atoms with E-state index < -0.39 is 12.3 Å². The molecular formula is C22H24F3N7O3S. The number of benzene rings is 1. The highest BCUT2D eigenvalue weighted by atomic mass is 32.1. The lowest BCUT2D eigenvalue weighted by atomic mass is 10.1. The van der Waals surface area contributed by atoms with Crippen molar-refractivity contribution in [2.75, 3.05) is 11.9 Å². The molecule has 10 nitrogen and oxygen atoms in total. The van der Waals surface area contributed by atoms with E-state index >= 15 is 0 Å². The van der Waals surface area contributed by atoms with Gasteiger partial charge >= 0.3 is 6.36 Å². The Morgan fingerprint density at radius 2 is 2.00 bits per heavy atom. The number of rotatable bonds is 12. The second kappa shape index (κ2) is 11.5. The molecule has 14 heteroatoms. The zero-order valence-electron chi connectivity index (χ0n) is 19.1.